The zero-order valence-corrected chi connectivity index (χ0v) is 15.3. The fraction of sp³-hybridized carbons (Fsp3) is 0.391. The largest absolute Gasteiger partial charge is 0.508 e. The molecular weight excluding hydrogens is 336 g/mol. The zero-order chi connectivity index (χ0) is 18.4. The molecule has 2 fully saturated rings. The number of benzene rings is 1. The number of nitrogens with zero attached hydrogens (tertiary/aromatic N) is 2. The summed E-state index contributed by atoms with van der Waals surface area (Å²) in [7, 11) is 0. The van der Waals surface area contributed by atoms with Crippen molar-refractivity contribution in [1.82, 2.24) is 9.38 Å². The molecule has 0 atom stereocenters. The van der Waals surface area contributed by atoms with Gasteiger partial charge in [-0.2, -0.15) is 0 Å². The van der Waals surface area contributed by atoms with Crippen molar-refractivity contribution < 1.29 is 9.90 Å². The maximum Gasteiger partial charge on any atom is 0.168 e. The molecule has 4 nitrogen and oxygen atoms in total. The Morgan fingerprint density at radius 3 is 2.37 bits per heavy atom. The third-order valence-corrected chi connectivity index (χ3v) is 6.35. The molecule has 0 radical (unpaired) electrons. The second kappa shape index (κ2) is 6.52. The lowest BCUT2D eigenvalue weighted by Gasteiger charge is -2.28. The first-order chi connectivity index (χ1) is 13.2. The van der Waals surface area contributed by atoms with Crippen LogP contribution in [0.1, 0.15) is 71.8 Å². The van der Waals surface area contributed by atoms with Crippen LogP contribution < -0.4 is 0 Å². The van der Waals surface area contributed by atoms with Gasteiger partial charge in [0, 0.05) is 17.7 Å². The lowest BCUT2D eigenvalue weighted by molar-refractivity contribution is 0.0884. The summed E-state index contributed by atoms with van der Waals surface area (Å²) in [5.74, 6) is 1.77. The molecule has 3 aromatic rings. The molecule has 1 N–H and O–H groups in total. The smallest absolute Gasteiger partial charge is 0.168 e. The molecular formula is C23H24N2O2. The fourth-order valence-corrected chi connectivity index (χ4v) is 4.65. The number of aromatic hydroxyl groups is 1. The second-order valence-electron chi connectivity index (χ2n) is 8.11. The first kappa shape index (κ1) is 16.5. The lowest BCUT2D eigenvalue weighted by atomic mass is 9.75. The van der Waals surface area contributed by atoms with Gasteiger partial charge in [0.25, 0.3) is 0 Å². The molecule has 2 aliphatic carbocycles. The number of fused-ring (bicyclic) bond motifs is 1. The normalized spacial score (nSPS) is 22.8. The number of hydrogen-bond donors (Lipinski definition) is 1. The van der Waals surface area contributed by atoms with Gasteiger partial charge in [0.05, 0.1) is 18.0 Å². The van der Waals surface area contributed by atoms with Gasteiger partial charge < -0.3 is 9.51 Å². The summed E-state index contributed by atoms with van der Waals surface area (Å²) in [6, 6.07) is 9.67. The van der Waals surface area contributed by atoms with Crippen LogP contribution in [0.4, 0.5) is 0 Å². The van der Waals surface area contributed by atoms with E-state index in [9.17, 15) is 9.90 Å². The Hall–Kier alpha value is -2.62. The summed E-state index contributed by atoms with van der Waals surface area (Å²) >= 11 is 0. The molecule has 0 amide bonds. The van der Waals surface area contributed by atoms with Crippen molar-refractivity contribution >= 4 is 11.3 Å². The van der Waals surface area contributed by atoms with Gasteiger partial charge in [0.1, 0.15) is 5.75 Å². The van der Waals surface area contributed by atoms with Crippen LogP contribution in [0, 0.1) is 5.92 Å². The van der Waals surface area contributed by atoms with Crippen LogP contribution in [-0.4, -0.2) is 20.3 Å². The highest BCUT2D eigenvalue weighted by Gasteiger charge is 2.34. The van der Waals surface area contributed by atoms with Crippen LogP contribution in [0.2, 0.25) is 0 Å². The van der Waals surface area contributed by atoms with Gasteiger partial charge in [-0.15, -0.1) is 0 Å². The Morgan fingerprint density at radius 1 is 0.963 bits per heavy atom. The van der Waals surface area contributed by atoms with E-state index in [0.29, 0.717) is 23.4 Å². The number of imidazole rings is 1. The quantitative estimate of drug-likeness (QED) is 0.661. The third-order valence-electron chi connectivity index (χ3n) is 6.35. The van der Waals surface area contributed by atoms with Crippen molar-refractivity contribution in [3.05, 3.63) is 65.7 Å². The highest BCUT2D eigenvalue weighted by Crippen LogP contribution is 2.44. The minimum atomic E-state index is 0.108. The second-order valence-corrected chi connectivity index (χ2v) is 8.11. The van der Waals surface area contributed by atoms with E-state index in [1.165, 1.54) is 24.0 Å². The van der Waals surface area contributed by atoms with E-state index in [4.69, 9.17) is 0 Å². The first-order valence-corrected chi connectivity index (χ1v) is 9.98. The van der Waals surface area contributed by atoms with Crippen molar-refractivity contribution in [2.75, 3.05) is 0 Å². The SMILES string of the molecule is O=C(c1c(C2CC2)ccn2cncc12)C1CCC(c2ccc(O)cc2)CC1. The average molecular weight is 360 g/mol. The summed E-state index contributed by atoms with van der Waals surface area (Å²) in [6.07, 6.45) is 12.0. The number of ketones is 1. The number of pyridine rings is 1. The maximum atomic E-state index is 13.5. The predicted octanol–water partition coefficient (Wildman–Crippen LogP) is 5.07. The number of rotatable bonds is 4. The van der Waals surface area contributed by atoms with E-state index in [0.717, 1.165) is 36.8 Å². The van der Waals surface area contributed by atoms with Gasteiger partial charge in [-0.1, -0.05) is 12.1 Å². The Morgan fingerprint density at radius 2 is 1.67 bits per heavy atom. The van der Waals surface area contributed by atoms with Gasteiger partial charge in [-0.05, 0) is 79.7 Å². The average Bonchev–Trinajstić information content (AvgIpc) is 3.44. The van der Waals surface area contributed by atoms with Crippen LogP contribution in [0.3, 0.4) is 0 Å². The van der Waals surface area contributed by atoms with Crippen molar-refractivity contribution in [3.8, 4) is 5.75 Å². The molecule has 2 aliphatic rings. The van der Waals surface area contributed by atoms with Gasteiger partial charge >= 0.3 is 0 Å². The molecule has 27 heavy (non-hydrogen) atoms. The fourth-order valence-electron chi connectivity index (χ4n) is 4.65. The summed E-state index contributed by atoms with van der Waals surface area (Å²) in [5.41, 5.74) is 4.39. The molecule has 0 saturated heterocycles. The number of hydrogen-bond acceptors (Lipinski definition) is 3. The number of carbonyl (C=O) groups is 1. The Labute approximate surface area is 158 Å². The first-order valence-electron chi connectivity index (χ1n) is 9.98. The molecule has 1 aromatic carbocycles. The highest BCUT2D eigenvalue weighted by molar-refractivity contribution is 6.05. The van der Waals surface area contributed by atoms with Gasteiger partial charge in [-0.25, -0.2) is 4.98 Å². The van der Waals surface area contributed by atoms with Crippen LogP contribution in [0.25, 0.3) is 5.52 Å². The Bertz CT molecular complexity index is 977. The van der Waals surface area contributed by atoms with Crippen molar-refractivity contribution in [1.29, 1.82) is 0 Å². The van der Waals surface area contributed by atoms with E-state index in [-0.39, 0.29) is 5.92 Å². The molecule has 4 heteroatoms. The Kier molecular flexibility index (Phi) is 4.00. The summed E-state index contributed by atoms with van der Waals surface area (Å²) in [5, 5.41) is 9.49. The standard InChI is InChI=1S/C23H24N2O2/c26-19-9-7-16(8-10-19)15-1-5-18(6-2-15)23(27)22-20(17-3-4-17)11-12-25-14-24-13-21(22)25/h7-15,17-18,26H,1-6H2. The number of phenolic OH excluding ortho intramolecular Hbond substituents is 1. The summed E-state index contributed by atoms with van der Waals surface area (Å²) in [4.78, 5) is 17.7. The summed E-state index contributed by atoms with van der Waals surface area (Å²) in [6.45, 7) is 0. The van der Waals surface area contributed by atoms with E-state index < -0.39 is 0 Å². The zero-order valence-electron chi connectivity index (χ0n) is 15.3. The monoisotopic (exact) mass is 360 g/mol. The molecule has 0 unspecified atom stereocenters. The van der Waals surface area contributed by atoms with E-state index >= 15 is 0 Å². The minimum Gasteiger partial charge on any atom is -0.508 e. The number of phenols is 1. The molecule has 0 aliphatic heterocycles. The predicted molar refractivity (Wildman–Crippen MR) is 104 cm³/mol. The summed E-state index contributed by atoms with van der Waals surface area (Å²) < 4.78 is 1.97. The van der Waals surface area contributed by atoms with Crippen LogP contribution in [0.15, 0.2) is 49.1 Å². The van der Waals surface area contributed by atoms with Crippen LogP contribution >= 0.6 is 0 Å². The van der Waals surface area contributed by atoms with Crippen molar-refractivity contribution in [3.63, 3.8) is 0 Å². The molecule has 0 bridgehead atoms. The molecule has 5 rings (SSSR count). The van der Waals surface area contributed by atoms with Gasteiger partial charge in [-0.3, -0.25) is 4.79 Å². The minimum absolute atomic E-state index is 0.108. The molecule has 2 saturated carbocycles. The molecule has 2 aromatic heterocycles. The topological polar surface area (TPSA) is 54.6 Å². The highest BCUT2D eigenvalue weighted by atomic mass is 16.3. The molecule has 2 heterocycles. The number of aromatic nitrogens is 2. The van der Waals surface area contributed by atoms with Crippen molar-refractivity contribution in [2.45, 2.75) is 50.4 Å². The van der Waals surface area contributed by atoms with Gasteiger partial charge in [0.15, 0.2) is 5.78 Å². The lowest BCUT2D eigenvalue weighted by Crippen LogP contribution is -2.22. The van der Waals surface area contributed by atoms with Crippen LogP contribution in [-0.2, 0) is 0 Å². The molecule has 138 valence electrons. The van der Waals surface area contributed by atoms with E-state index in [1.54, 1.807) is 18.5 Å². The van der Waals surface area contributed by atoms with Crippen LogP contribution in [0.5, 0.6) is 5.75 Å². The third kappa shape index (κ3) is 3.03. The van der Waals surface area contributed by atoms with Gasteiger partial charge in [0.2, 0.25) is 0 Å². The van der Waals surface area contributed by atoms with Crippen molar-refractivity contribution in [2.24, 2.45) is 5.92 Å². The maximum absolute atomic E-state index is 13.5. The van der Waals surface area contributed by atoms with E-state index in [1.807, 2.05) is 28.9 Å². The molecule has 0 spiro atoms. The number of Topliss-reactive ketones (excluding diaryl/α,β-unsaturated/α-hetero) is 1. The van der Waals surface area contributed by atoms with E-state index in [2.05, 4.69) is 11.1 Å². The Balaban J connectivity index is 1.38. The number of carbonyl (C=O) groups excluding carboxylic acids is 1.